The predicted molar refractivity (Wildman–Crippen MR) is 93.5 cm³/mol. The number of carbonyl (C=O) groups excluding carboxylic acids is 1. The first-order valence-corrected chi connectivity index (χ1v) is 9.92. The number of benzene rings is 1. The van der Waals surface area contributed by atoms with Gasteiger partial charge in [-0.25, -0.2) is 13.4 Å². The lowest BCUT2D eigenvalue weighted by Crippen LogP contribution is -2.41. The van der Waals surface area contributed by atoms with Gasteiger partial charge in [0.1, 0.15) is 0 Å². The maximum atomic E-state index is 12.0. The highest BCUT2D eigenvalue weighted by atomic mass is 32.2. The van der Waals surface area contributed by atoms with Gasteiger partial charge in [-0.15, -0.1) is 0 Å². The topological polar surface area (TPSA) is 92.5 Å². The SMILES string of the molecule is CN(CC(=O)N[C@@H]1CCS(=O)(=O)C1)Cc1ncc(-c2ccccc2)o1. The third-order valence-corrected chi connectivity index (χ3v) is 5.80. The predicted octanol–water partition coefficient (Wildman–Crippen LogP) is 1.08. The molecule has 1 aromatic heterocycles. The molecule has 0 aliphatic carbocycles. The maximum absolute atomic E-state index is 12.0. The summed E-state index contributed by atoms with van der Waals surface area (Å²) in [6, 6.07) is 9.39. The van der Waals surface area contributed by atoms with Gasteiger partial charge in [0.05, 0.1) is 30.8 Å². The van der Waals surface area contributed by atoms with Crippen molar-refractivity contribution < 1.29 is 17.6 Å². The first kappa shape index (κ1) is 17.6. The fourth-order valence-corrected chi connectivity index (χ4v) is 4.51. The highest BCUT2D eigenvalue weighted by Crippen LogP contribution is 2.20. The first-order valence-electron chi connectivity index (χ1n) is 8.10. The molecule has 0 radical (unpaired) electrons. The number of likely N-dealkylation sites (N-methyl/N-ethyl adjacent to an activating group) is 1. The van der Waals surface area contributed by atoms with E-state index in [-0.39, 0.29) is 30.0 Å². The Morgan fingerprint density at radius 2 is 2.12 bits per heavy atom. The smallest absolute Gasteiger partial charge is 0.234 e. The second-order valence-electron chi connectivity index (χ2n) is 6.32. The quantitative estimate of drug-likeness (QED) is 0.825. The molecule has 2 heterocycles. The molecule has 0 unspecified atom stereocenters. The number of oxazole rings is 1. The average molecular weight is 363 g/mol. The van der Waals surface area contributed by atoms with E-state index in [9.17, 15) is 13.2 Å². The number of carbonyl (C=O) groups is 1. The van der Waals surface area contributed by atoms with Gasteiger partial charge in [0.25, 0.3) is 0 Å². The third kappa shape index (κ3) is 4.90. The molecule has 1 amide bonds. The summed E-state index contributed by atoms with van der Waals surface area (Å²) >= 11 is 0. The van der Waals surface area contributed by atoms with Crippen molar-refractivity contribution >= 4 is 15.7 Å². The Kier molecular flexibility index (Phi) is 5.19. The fraction of sp³-hybridized carbons (Fsp3) is 0.412. The Morgan fingerprint density at radius 3 is 2.80 bits per heavy atom. The van der Waals surface area contributed by atoms with Crippen LogP contribution in [0.2, 0.25) is 0 Å². The maximum Gasteiger partial charge on any atom is 0.234 e. The molecular weight excluding hydrogens is 342 g/mol. The van der Waals surface area contributed by atoms with Gasteiger partial charge < -0.3 is 9.73 Å². The van der Waals surface area contributed by atoms with Crippen molar-refractivity contribution in [1.82, 2.24) is 15.2 Å². The molecule has 134 valence electrons. The third-order valence-electron chi connectivity index (χ3n) is 4.03. The van der Waals surface area contributed by atoms with E-state index in [1.165, 1.54) is 0 Å². The van der Waals surface area contributed by atoms with Crippen LogP contribution in [0.1, 0.15) is 12.3 Å². The van der Waals surface area contributed by atoms with Crippen molar-refractivity contribution in [3.05, 3.63) is 42.4 Å². The van der Waals surface area contributed by atoms with E-state index in [0.29, 0.717) is 24.6 Å². The van der Waals surface area contributed by atoms with Crippen LogP contribution in [0, 0.1) is 0 Å². The van der Waals surface area contributed by atoms with Gasteiger partial charge >= 0.3 is 0 Å². The molecule has 0 saturated carbocycles. The highest BCUT2D eigenvalue weighted by Gasteiger charge is 2.29. The molecular formula is C17H21N3O4S. The van der Waals surface area contributed by atoms with Crippen LogP contribution in [-0.4, -0.2) is 55.3 Å². The number of sulfone groups is 1. The van der Waals surface area contributed by atoms with Crippen molar-refractivity contribution in [3.63, 3.8) is 0 Å². The number of rotatable bonds is 6. The van der Waals surface area contributed by atoms with Crippen molar-refractivity contribution in [2.45, 2.75) is 19.0 Å². The molecule has 1 aliphatic heterocycles. The van der Waals surface area contributed by atoms with E-state index < -0.39 is 9.84 Å². The molecule has 8 heteroatoms. The van der Waals surface area contributed by atoms with Crippen LogP contribution in [0.5, 0.6) is 0 Å². The minimum atomic E-state index is -3.00. The lowest BCUT2D eigenvalue weighted by atomic mass is 10.2. The fourth-order valence-electron chi connectivity index (χ4n) is 2.83. The Balaban J connectivity index is 1.50. The number of nitrogens with one attached hydrogen (secondary N) is 1. The summed E-state index contributed by atoms with van der Waals surface area (Å²) in [4.78, 5) is 18.1. The minimum absolute atomic E-state index is 0.0304. The lowest BCUT2D eigenvalue weighted by Gasteiger charge is -2.16. The Hall–Kier alpha value is -2.19. The van der Waals surface area contributed by atoms with Gasteiger partial charge in [-0.3, -0.25) is 9.69 Å². The number of amides is 1. The molecule has 3 rings (SSSR count). The first-order chi connectivity index (χ1) is 11.9. The van der Waals surface area contributed by atoms with Crippen molar-refractivity contribution in [2.75, 3.05) is 25.1 Å². The van der Waals surface area contributed by atoms with Crippen molar-refractivity contribution in [1.29, 1.82) is 0 Å². The second-order valence-corrected chi connectivity index (χ2v) is 8.55. The van der Waals surface area contributed by atoms with Gasteiger partial charge in [0.15, 0.2) is 15.6 Å². The molecule has 0 bridgehead atoms. The zero-order valence-electron chi connectivity index (χ0n) is 14.0. The van der Waals surface area contributed by atoms with Crippen LogP contribution in [0.3, 0.4) is 0 Å². The summed E-state index contributed by atoms with van der Waals surface area (Å²) in [5.41, 5.74) is 0.948. The monoisotopic (exact) mass is 363 g/mol. The normalized spacial score (nSPS) is 19.2. The Labute approximate surface area is 147 Å². The molecule has 7 nitrogen and oxygen atoms in total. The molecule has 1 N–H and O–H groups in total. The molecule has 25 heavy (non-hydrogen) atoms. The van der Waals surface area contributed by atoms with Crippen LogP contribution in [0.4, 0.5) is 0 Å². The van der Waals surface area contributed by atoms with Gasteiger partial charge in [0.2, 0.25) is 11.8 Å². The van der Waals surface area contributed by atoms with Gasteiger partial charge in [-0.05, 0) is 13.5 Å². The number of hydrogen-bond donors (Lipinski definition) is 1. The molecule has 1 aromatic carbocycles. The zero-order chi connectivity index (χ0) is 17.9. The summed E-state index contributed by atoms with van der Waals surface area (Å²) in [6.45, 7) is 0.544. The summed E-state index contributed by atoms with van der Waals surface area (Å²) < 4.78 is 28.6. The number of aromatic nitrogens is 1. The molecule has 1 atom stereocenters. The van der Waals surface area contributed by atoms with Crippen LogP contribution in [0.15, 0.2) is 40.9 Å². The van der Waals surface area contributed by atoms with E-state index in [2.05, 4.69) is 10.3 Å². The number of nitrogens with zero attached hydrogens (tertiary/aromatic N) is 2. The van der Waals surface area contributed by atoms with Crippen LogP contribution in [0.25, 0.3) is 11.3 Å². The van der Waals surface area contributed by atoms with Gasteiger partial charge in [-0.2, -0.15) is 0 Å². The van der Waals surface area contributed by atoms with E-state index >= 15 is 0 Å². The largest absolute Gasteiger partial charge is 0.439 e. The number of hydrogen-bond acceptors (Lipinski definition) is 6. The summed E-state index contributed by atoms with van der Waals surface area (Å²) in [7, 11) is -1.21. The molecule has 1 saturated heterocycles. The summed E-state index contributed by atoms with van der Waals surface area (Å²) in [5, 5.41) is 2.77. The van der Waals surface area contributed by atoms with Crippen LogP contribution in [-0.2, 0) is 21.2 Å². The average Bonchev–Trinajstić information content (AvgIpc) is 3.14. The summed E-state index contributed by atoms with van der Waals surface area (Å²) in [5.74, 6) is 1.19. The standard InChI is InChI=1S/C17H21N3O4S/c1-20(10-16(21)19-14-7-8-25(22,23)12-14)11-17-18-9-15(24-17)13-5-3-2-4-6-13/h2-6,9,14H,7-8,10-12H2,1H3,(H,19,21)/t14-/m1/s1. The van der Waals surface area contributed by atoms with E-state index in [1.54, 1.807) is 18.1 Å². The summed E-state index contributed by atoms with van der Waals surface area (Å²) in [6.07, 6.45) is 2.15. The highest BCUT2D eigenvalue weighted by molar-refractivity contribution is 7.91. The van der Waals surface area contributed by atoms with E-state index in [0.717, 1.165) is 5.56 Å². The van der Waals surface area contributed by atoms with Crippen LogP contribution < -0.4 is 5.32 Å². The van der Waals surface area contributed by atoms with E-state index in [4.69, 9.17) is 4.42 Å². The Morgan fingerprint density at radius 1 is 1.36 bits per heavy atom. The van der Waals surface area contributed by atoms with Gasteiger partial charge in [-0.1, -0.05) is 30.3 Å². The van der Waals surface area contributed by atoms with Crippen molar-refractivity contribution in [3.8, 4) is 11.3 Å². The molecule has 0 spiro atoms. The van der Waals surface area contributed by atoms with Crippen molar-refractivity contribution in [2.24, 2.45) is 0 Å². The molecule has 1 aliphatic rings. The lowest BCUT2D eigenvalue weighted by molar-refractivity contribution is -0.122. The minimum Gasteiger partial charge on any atom is -0.439 e. The second kappa shape index (κ2) is 7.37. The molecule has 1 fully saturated rings. The molecule has 2 aromatic rings. The van der Waals surface area contributed by atoms with Gasteiger partial charge in [0, 0.05) is 11.6 Å². The zero-order valence-corrected chi connectivity index (χ0v) is 14.8. The van der Waals surface area contributed by atoms with E-state index in [1.807, 2.05) is 30.3 Å². The van der Waals surface area contributed by atoms with Crippen LogP contribution >= 0.6 is 0 Å². The Bertz CT molecular complexity index is 833.